The van der Waals surface area contributed by atoms with Gasteiger partial charge < -0.3 is 0 Å². The molecule has 1 atom stereocenters. The van der Waals surface area contributed by atoms with Crippen LogP contribution in [0.1, 0.15) is 61.3 Å². The fourth-order valence-electron chi connectivity index (χ4n) is 4.57. The molecule has 5 rings (SSSR count). The maximum absolute atomic E-state index is 14.0. The number of benzene rings is 1. The summed E-state index contributed by atoms with van der Waals surface area (Å²) < 4.78 is 66.7. The normalized spacial score (nSPS) is 14.9. The molecule has 0 saturated heterocycles. The summed E-state index contributed by atoms with van der Waals surface area (Å²) in [6, 6.07) is 4.04. The van der Waals surface area contributed by atoms with Gasteiger partial charge in [-0.25, -0.2) is 33.3 Å². The van der Waals surface area contributed by atoms with E-state index in [4.69, 9.17) is 0 Å². The number of aromatic nitrogens is 6. The predicted octanol–water partition coefficient (Wildman–Crippen LogP) is 4.53. The molecule has 3 aromatic heterocycles. The van der Waals surface area contributed by atoms with E-state index in [0.29, 0.717) is 21.4 Å². The number of halogens is 3. The molecule has 9 nitrogen and oxygen atoms in total. The highest BCUT2D eigenvalue weighted by atomic mass is 32.2. The van der Waals surface area contributed by atoms with Crippen LogP contribution in [0.5, 0.6) is 0 Å². The summed E-state index contributed by atoms with van der Waals surface area (Å²) in [5.74, 6) is 0.322. The van der Waals surface area contributed by atoms with Gasteiger partial charge in [-0.2, -0.15) is 13.2 Å². The van der Waals surface area contributed by atoms with Gasteiger partial charge >= 0.3 is 6.18 Å². The van der Waals surface area contributed by atoms with E-state index in [1.165, 1.54) is 24.7 Å². The van der Waals surface area contributed by atoms with Gasteiger partial charge in [0.2, 0.25) is 0 Å². The minimum absolute atomic E-state index is 0.0349. The Labute approximate surface area is 228 Å². The lowest BCUT2D eigenvalue weighted by Gasteiger charge is -2.21. The van der Waals surface area contributed by atoms with Crippen LogP contribution in [0.2, 0.25) is 0 Å². The zero-order valence-corrected chi connectivity index (χ0v) is 22.9. The SMILES string of the molecule is CCS(=O)(=O)c1ccc(CCc2nc3cnc(-c4c(C)ncnc4C4CC4)nc3n([C@@H](C)C(F)(F)F)c2=O)cc1. The zero-order chi connectivity index (χ0) is 28.8. The Bertz CT molecular complexity index is 1750. The summed E-state index contributed by atoms with van der Waals surface area (Å²) in [6.45, 7) is 4.22. The fraction of sp³-hybridized carbons (Fsp3) is 0.407. The molecule has 0 amide bonds. The van der Waals surface area contributed by atoms with Crippen LogP contribution >= 0.6 is 0 Å². The lowest BCUT2D eigenvalue weighted by atomic mass is 10.1. The Morgan fingerprint density at radius 2 is 1.75 bits per heavy atom. The van der Waals surface area contributed by atoms with Crippen LogP contribution in [0.15, 0.2) is 46.5 Å². The molecule has 0 spiro atoms. The van der Waals surface area contributed by atoms with E-state index in [9.17, 15) is 26.4 Å². The van der Waals surface area contributed by atoms with Crippen molar-refractivity contribution in [1.82, 2.24) is 29.5 Å². The quantitative estimate of drug-likeness (QED) is 0.302. The van der Waals surface area contributed by atoms with Gasteiger partial charge in [-0.05, 0) is 57.2 Å². The summed E-state index contributed by atoms with van der Waals surface area (Å²) in [4.78, 5) is 35.4. The van der Waals surface area contributed by atoms with Crippen LogP contribution in [0.4, 0.5) is 13.2 Å². The average Bonchev–Trinajstić information content (AvgIpc) is 3.77. The number of rotatable bonds is 8. The van der Waals surface area contributed by atoms with Gasteiger partial charge in [0, 0.05) is 5.92 Å². The maximum Gasteiger partial charge on any atom is 0.409 e. The van der Waals surface area contributed by atoms with Crippen LogP contribution in [0.25, 0.3) is 22.6 Å². The Balaban J connectivity index is 1.57. The molecule has 1 aromatic carbocycles. The number of nitrogens with zero attached hydrogens (tertiary/aromatic N) is 6. The molecular weight excluding hydrogens is 545 g/mol. The first-order valence-electron chi connectivity index (χ1n) is 12.9. The summed E-state index contributed by atoms with van der Waals surface area (Å²) >= 11 is 0. The van der Waals surface area contributed by atoms with Crippen LogP contribution in [0, 0.1) is 6.92 Å². The molecule has 40 heavy (non-hydrogen) atoms. The van der Waals surface area contributed by atoms with Gasteiger partial charge in [-0.15, -0.1) is 0 Å². The molecular formula is C27H27F3N6O3S. The first-order chi connectivity index (χ1) is 18.9. The minimum Gasteiger partial charge on any atom is -0.278 e. The van der Waals surface area contributed by atoms with Crippen molar-refractivity contribution < 1.29 is 21.6 Å². The molecule has 4 aromatic rings. The molecule has 3 heterocycles. The largest absolute Gasteiger partial charge is 0.409 e. The minimum atomic E-state index is -4.72. The first-order valence-corrected chi connectivity index (χ1v) is 14.5. The van der Waals surface area contributed by atoms with Crippen molar-refractivity contribution in [3.63, 3.8) is 0 Å². The monoisotopic (exact) mass is 572 g/mol. The molecule has 1 aliphatic rings. The van der Waals surface area contributed by atoms with Gasteiger partial charge in [-0.3, -0.25) is 9.36 Å². The summed E-state index contributed by atoms with van der Waals surface area (Å²) in [5, 5.41) is 0. The number of alkyl halides is 3. The lowest BCUT2D eigenvalue weighted by Crippen LogP contribution is -2.35. The van der Waals surface area contributed by atoms with Crippen LogP contribution in [-0.2, 0) is 22.7 Å². The highest BCUT2D eigenvalue weighted by molar-refractivity contribution is 7.91. The van der Waals surface area contributed by atoms with Gasteiger partial charge in [0.25, 0.3) is 5.56 Å². The standard InChI is InChI=1S/C27H27F3N6O3S/c1-4-40(38,39)19-10-5-17(6-11-19)7-12-20-26(37)36(16(3)27(28,29)30)25-21(34-20)13-31-24(35-25)22-15(2)32-14-33-23(22)18-8-9-18/h5-6,10-11,13-14,16,18H,4,7-9,12H2,1-3H3/t16-/m0/s1. The second-order valence-corrected chi connectivity index (χ2v) is 12.2. The van der Waals surface area contributed by atoms with Crippen molar-refractivity contribution in [3.8, 4) is 11.4 Å². The Hall–Kier alpha value is -3.74. The fourth-order valence-corrected chi connectivity index (χ4v) is 5.45. The van der Waals surface area contributed by atoms with Gasteiger partial charge in [0.05, 0.1) is 33.8 Å². The third kappa shape index (κ3) is 5.34. The summed E-state index contributed by atoms with van der Waals surface area (Å²) in [7, 11) is -3.37. The van der Waals surface area contributed by atoms with Crippen LogP contribution in [0.3, 0.4) is 0 Å². The van der Waals surface area contributed by atoms with Gasteiger partial charge in [0.15, 0.2) is 21.3 Å². The lowest BCUT2D eigenvalue weighted by molar-refractivity contribution is -0.162. The van der Waals surface area contributed by atoms with E-state index < -0.39 is 27.6 Å². The van der Waals surface area contributed by atoms with Crippen molar-refractivity contribution in [2.45, 2.75) is 69.5 Å². The van der Waals surface area contributed by atoms with Crippen LogP contribution < -0.4 is 5.56 Å². The molecule has 0 N–H and O–H groups in total. The molecule has 1 fully saturated rings. The molecule has 1 aliphatic carbocycles. The first kappa shape index (κ1) is 27.8. The molecule has 13 heteroatoms. The van der Waals surface area contributed by atoms with Crippen molar-refractivity contribution in [3.05, 3.63) is 69.8 Å². The van der Waals surface area contributed by atoms with E-state index in [1.807, 2.05) is 0 Å². The number of aryl methyl sites for hydroxylation is 3. The Morgan fingerprint density at radius 3 is 2.38 bits per heavy atom. The molecule has 0 bridgehead atoms. The van der Waals surface area contributed by atoms with E-state index in [0.717, 1.165) is 25.5 Å². The topological polar surface area (TPSA) is 121 Å². The summed E-state index contributed by atoms with van der Waals surface area (Å²) in [6.07, 6.45) is 0.242. The number of hydrogen-bond acceptors (Lipinski definition) is 8. The maximum atomic E-state index is 14.0. The van der Waals surface area contributed by atoms with Gasteiger partial charge in [0.1, 0.15) is 23.6 Å². The van der Waals surface area contributed by atoms with E-state index in [1.54, 1.807) is 26.0 Å². The second-order valence-electron chi connectivity index (χ2n) is 9.89. The molecule has 0 unspecified atom stereocenters. The molecule has 0 radical (unpaired) electrons. The van der Waals surface area contributed by atoms with Crippen molar-refractivity contribution in [1.29, 1.82) is 0 Å². The molecule has 210 valence electrons. The smallest absolute Gasteiger partial charge is 0.278 e. The third-order valence-corrected chi connectivity index (χ3v) is 8.88. The van der Waals surface area contributed by atoms with E-state index in [-0.39, 0.29) is 52.1 Å². The number of sulfone groups is 1. The van der Waals surface area contributed by atoms with Crippen molar-refractivity contribution in [2.24, 2.45) is 0 Å². The predicted molar refractivity (Wildman–Crippen MR) is 142 cm³/mol. The van der Waals surface area contributed by atoms with Crippen molar-refractivity contribution >= 4 is 21.0 Å². The van der Waals surface area contributed by atoms with Gasteiger partial charge in [-0.1, -0.05) is 19.1 Å². The highest BCUT2D eigenvalue weighted by Crippen LogP contribution is 2.43. The van der Waals surface area contributed by atoms with Crippen molar-refractivity contribution in [2.75, 3.05) is 5.75 Å². The third-order valence-electron chi connectivity index (χ3n) is 7.13. The Kier molecular flexibility index (Phi) is 7.19. The second kappa shape index (κ2) is 10.3. The number of hydrogen-bond donors (Lipinski definition) is 0. The van der Waals surface area contributed by atoms with E-state index >= 15 is 0 Å². The average molecular weight is 573 g/mol. The molecule has 0 aliphatic heterocycles. The van der Waals surface area contributed by atoms with Crippen LogP contribution in [-0.4, -0.2) is 49.8 Å². The summed E-state index contributed by atoms with van der Waals surface area (Å²) in [5.41, 5.74) is 1.49. The number of fused-ring (bicyclic) bond motifs is 1. The Morgan fingerprint density at radius 1 is 1.05 bits per heavy atom. The molecule has 1 saturated carbocycles. The zero-order valence-electron chi connectivity index (χ0n) is 22.1. The highest BCUT2D eigenvalue weighted by Gasteiger charge is 2.40. The van der Waals surface area contributed by atoms with E-state index in [2.05, 4.69) is 24.9 Å².